The van der Waals surface area contributed by atoms with E-state index in [4.69, 9.17) is 9.47 Å². The molecule has 0 fully saturated rings. The van der Waals surface area contributed by atoms with Gasteiger partial charge in [-0.25, -0.2) is 4.68 Å². The number of rotatable bonds is 8. The first-order valence-corrected chi connectivity index (χ1v) is 9.01. The van der Waals surface area contributed by atoms with Crippen LogP contribution in [-0.4, -0.2) is 36.0 Å². The quantitative estimate of drug-likeness (QED) is 0.602. The Labute approximate surface area is 162 Å². The van der Waals surface area contributed by atoms with Crippen LogP contribution in [0.1, 0.15) is 11.3 Å². The summed E-state index contributed by atoms with van der Waals surface area (Å²) in [4.78, 5) is 24.6. The zero-order chi connectivity index (χ0) is 19.9. The molecular weight excluding hydrogens is 358 g/mol. The van der Waals surface area contributed by atoms with Gasteiger partial charge in [-0.2, -0.15) is 5.10 Å². The van der Waals surface area contributed by atoms with Gasteiger partial charge < -0.3 is 14.8 Å². The minimum atomic E-state index is -0.176. The van der Waals surface area contributed by atoms with Gasteiger partial charge in [-0.05, 0) is 23.8 Å². The van der Waals surface area contributed by atoms with E-state index < -0.39 is 0 Å². The Kier molecular flexibility index (Phi) is 6.39. The number of nitrogens with zero attached hydrogens (tertiary/aromatic N) is 2. The Bertz CT molecular complexity index is 1030. The molecule has 0 aliphatic rings. The number of amides is 1. The van der Waals surface area contributed by atoms with Crippen molar-refractivity contribution in [1.29, 1.82) is 0 Å². The lowest BCUT2D eigenvalue weighted by Crippen LogP contribution is -2.27. The van der Waals surface area contributed by atoms with E-state index in [2.05, 4.69) is 10.4 Å². The zero-order valence-electron chi connectivity index (χ0n) is 16.0. The van der Waals surface area contributed by atoms with Crippen LogP contribution < -0.4 is 15.6 Å². The predicted octanol–water partition coefficient (Wildman–Crippen LogP) is 1.82. The fourth-order valence-corrected chi connectivity index (χ4v) is 2.91. The first kappa shape index (κ1) is 19.6. The topological polar surface area (TPSA) is 82.4 Å². The van der Waals surface area contributed by atoms with Crippen LogP contribution in [0.15, 0.2) is 53.3 Å². The summed E-state index contributed by atoms with van der Waals surface area (Å²) < 4.78 is 11.8. The monoisotopic (exact) mass is 381 g/mol. The molecule has 1 heterocycles. The lowest BCUT2D eigenvalue weighted by atomic mass is 10.1. The molecule has 7 nitrogen and oxygen atoms in total. The lowest BCUT2D eigenvalue weighted by molar-refractivity contribution is -0.120. The number of benzene rings is 2. The maximum atomic E-state index is 12.4. The van der Waals surface area contributed by atoms with Gasteiger partial charge in [0.25, 0.3) is 5.56 Å². The molecule has 0 saturated carbocycles. The summed E-state index contributed by atoms with van der Waals surface area (Å²) in [6, 6.07) is 14.7. The predicted molar refractivity (Wildman–Crippen MR) is 106 cm³/mol. The molecule has 1 aromatic heterocycles. The molecule has 28 heavy (non-hydrogen) atoms. The van der Waals surface area contributed by atoms with Crippen molar-refractivity contribution in [3.63, 3.8) is 0 Å². The summed E-state index contributed by atoms with van der Waals surface area (Å²) in [5, 5.41) is 8.42. The zero-order valence-corrected chi connectivity index (χ0v) is 16.0. The van der Waals surface area contributed by atoms with Crippen LogP contribution in [0.25, 0.3) is 10.8 Å². The molecule has 3 rings (SSSR count). The highest BCUT2D eigenvalue weighted by Gasteiger charge is 2.12. The molecular formula is C21H23N3O4. The van der Waals surface area contributed by atoms with E-state index in [1.807, 2.05) is 36.4 Å². The number of nitrogens with one attached hydrogen (secondary N) is 1. The van der Waals surface area contributed by atoms with Crippen molar-refractivity contribution in [3.8, 4) is 5.75 Å². The number of aryl methyl sites for hydroxylation is 1. The summed E-state index contributed by atoms with van der Waals surface area (Å²) in [7, 11) is 3.21. The van der Waals surface area contributed by atoms with Crippen molar-refractivity contribution >= 4 is 16.7 Å². The van der Waals surface area contributed by atoms with Crippen LogP contribution in [0.5, 0.6) is 5.75 Å². The summed E-state index contributed by atoms with van der Waals surface area (Å²) in [5.74, 6) is 0.566. The average Bonchev–Trinajstić information content (AvgIpc) is 2.71. The summed E-state index contributed by atoms with van der Waals surface area (Å²) >= 11 is 0. The second-order valence-electron chi connectivity index (χ2n) is 6.36. The van der Waals surface area contributed by atoms with Crippen LogP contribution in [0, 0.1) is 0 Å². The van der Waals surface area contributed by atoms with Crippen molar-refractivity contribution in [2.75, 3.05) is 20.3 Å². The van der Waals surface area contributed by atoms with Crippen molar-refractivity contribution in [3.05, 3.63) is 70.1 Å². The van der Waals surface area contributed by atoms with E-state index in [1.165, 1.54) is 4.68 Å². The van der Waals surface area contributed by atoms with Gasteiger partial charge in [0.2, 0.25) is 5.91 Å². The molecule has 146 valence electrons. The third-order valence-corrected chi connectivity index (χ3v) is 4.31. The number of hydrogen-bond donors (Lipinski definition) is 1. The molecule has 0 aliphatic carbocycles. The number of fused-ring (bicyclic) bond motifs is 1. The maximum Gasteiger partial charge on any atom is 0.274 e. The van der Waals surface area contributed by atoms with Gasteiger partial charge in [-0.3, -0.25) is 9.59 Å². The summed E-state index contributed by atoms with van der Waals surface area (Å²) in [6.45, 7) is 1.36. The number of methoxy groups -OCH3 is 1. The normalized spacial score (nSPS) is 10.8. The Morgan fingerprint density at radius 3 is 2.68 bits per heavy atom. The van der Waals surface area contributed by atoms with Crippen LogP contribution in [0.2, 0.25) is 0 Å². The molecule has 2 aromatic carbocycles. The molecule has 1 amide bonds. The lowest BCUT2D eigenvalue weighted by Gasteiger charge is -2.10. The maximum absolute atomic E-state index is 12.4. The highest BCUT2D eigenvalue weighted by Crippen LogP contribution is 2.15. The Balaban J connectivity index is 1.66. The van der Waals surface area contributed by atoms with Crippen LogP contribution >= 0.6 is 0 Å². The average molecular weight is 381 g/mol. The first-order chi connectivity index (χ1) is 13.6. The molecule has 0 saturated heterocycles. The molecule has 3 aromatic rings. The van der Waals surface area contributed by atoms with E-state index in [0.29, 0.717) is 36.2 Å². The number of aromatic nitrogens is 2. The molecule has 0 aliphatic heterocycles. The molecule has 1 N–H and O–H groups in total. The van der Waals surface area contributed by atoms with Crippen molar-refractivity contribution in [2.24, 2.45) is 7.05 Å². The summed E-state index contributed by atoms with van der Waals surface area (Å²) in [6.07, 6.45) is 0.0959. The smallest absolute Gasteiger partial charge is 0.274 e. The second-order valence-corrected chi connectivity index (χ2v) is 6.36. The fourth-order valence-electron chi connectivity index (χ4n) is 2.91. The highest BCUT2D eigenvalue weighted by atomic mass is 16.5. The van der Waals surface area contributed by atoms with Gasteiger partial charge in [0.15, 0.2) is 0 Å². The molecule has 0 atom stereocenters. The molecule has 7 heteroatoms. The number of hydrogen-bond acceptors (Lipinski definition) is 5. The molecule has 0 radical (unpaired) electrons. The van der Waals surface area contributed by atoms with Gasteiger partial charge in [0, 0.05) is 26.1 Å². The van der Waals surface area contributed by atoms with Gasteiger partial charge in [0.05, 0.1) is 24.1 Å². The van der Waals surface area contributed by atoms with Gasteiger partial charge >= 0.3 is 0 Å². The number of ether oxygens (including phenoxy) is 2. The highest BCUT2D eigenvalue weighted by molar-refractivity contribution is 5.88. The second kappa shape index (κ2) is 9.14. The summed E-state index contributed by atoms with van der Waals surface area (Å²) in [5.41, 5.74) is 1.33. The van der Waals surface area contributed by atoms with Crippen molar-refractivity contribution in [2.45, 2.75) is 13.0 Å². The van der Waals surface area contributed by atoms with Gasteiger partial charge in [0.1, 0.15) is 12.4 Å². The number of carbonyl (C=O) groups is 1. The van der Waals surface area contributed by atoms with E-state index >= 15 is 0 Å². The first-order valence-electron chi connectivity index (χ1n) is 9.01. The van der Waals surface area contributed by atoms with E-state index in [9.17, 15) is 9.59 Å². The number of carbonyl (C=O) groups excluding carboxylic acids is 1. The molecule has 0 spiro atoms. The van der Waals surface area contributed by atoms with Gasteiger partial charge in [-0.15, -0.1) is 0 Å². The Hall–Kier alpha value is -3.19. The largest absolute Gasteiger partial charge is 0.491 e. The Morgan fingerprint density at radius 2 is 1.89 bits per heavy atom. The minimum Gasteiger partial charge on any atom is -0.491 e. The molecule has 0 bridgehead atoms. The molecule has 0 unspecified atom stereocenters. The van der Waals surface area contributed by atoms with Crippen molar-refractivity contribution in [1.82, 2.24) is 15.1 Å². The van der Waals surface area contributed by atoms with Crippen molar-refractivity contribution < 1.29 is 14.3 Å². The van der Waals surface area contributed by atoms with E-state index in [-0.39, 0.29) is 17.9 Å². The standard InChI is InChI=1S/C21H23N3O4/c1-24-21(26)18-9-4-3-8-17(18)19(23-24)13-20(25)22-14-15-6-5-7-16(12-15)28-11-10-27-2/h3-9,12H,10-11,13-14H2,1-2H3,(H,22,25). The van der Waals surface area contributed by atoms with Crippen LogP contribution in [-0.2, 0) is 29.5 Å². The van der Waals surface area contributed by atoms with Crippen LogP contribution in [0.3, 0.4) is 0 Å². The SMILES string of the molecule is COCCOc1cccc(CNC(=O)Cc2nn(C)c(=O)c3ccccc23)c1. The third kappa shape index (κ3) is 4.75. The fraction of sp³-hybridized carbons (Fsp3) is 0.286. The third-order valence-electron chi connectivity index (χ3n) is 4.31. The van der Waals surface area contributed by atoms with Crippen LogP contribution in [0.4, 0.5) is 0 Å². The van der Waals surface area contributed by atoms with E-state index in [0.717, 1.165) is 11.3 Å². The van der Waals surface area contributed by atoms with E-state index in [1.54, 1.807) is 26.3 Å². The minimum absolute atomic E-state index is 0.0959. The van der Waals surface area contributed by atoms with Gasteiger partial charge in [-0.1, -0.05) is 30.3 Å². The Morgan fingerprint density at radius 1 is 1.11 bits per heavy atom.